The zero-order chi connectivity index (χ0) is 22.0. The Balaban J connectivity index is 2.09. The first-order valence-corrected chi connectivity index (χ1v) is 9.90. The van der Waals surface area contributed by atoms with Crippen LogP contribution < -0.4 is 0 Å². The molecule has 0 aliphatic rings. The molecule has 0 aliphatic heterocycles. The van der Waals surface area contributed by atoms with E-state index < -0.39 is 11.9 Å². The highest BCUT2D eigenvalue weighted by molar-refractivity contribution is 5.96. The van der Waals surface area contributed by atoms with E-state index in [2.05, 4.69) is 12.1 Å². The molecule has 0 fully saturated rings. The quantitative estimate of drug-likeness (QED) is 0.571. The fourth-order valence-electron chi connectivity index (χ4n) is 3.65. The summed E-state index contributed by atoms with van der Waals surface area (Å²) in [5.41, 5.74) is 7.95. The first-order chi connectivity index (χ1) is 14.2. The van der Waals surface area contributed by atoms with Crippen LogP contribution in [0.2, 0.25) is 0 Å². The highest BCUT2D eigenvalue weighted by Gasteiger charge is 2.19. The molecule has 0 saturated carbocycles. The van der Waals surface area contributed by atoms with Crippen LogP contribution in [0.3, 0.4) is 0 Å². The first kappa shape index (κ1) is 21.3. The maximum atomic E-state index is 11.9. The van der Waals surface area contributed by atoms with Gasteiger partial charge in [0, 0.05) is 0 Å². The number of carboxylic acid groups (broad SMARTS) is 2. The number of rotatable bonds is 6. The fraction of sp³-hybridized carbons (Fsp3) is 0.231. The van der Waals surface area contributed by atoms with E-state index in [4.69, 9.17) is 0 Å². The number of benzene rings is 3. The molecule has 4 nitrogen and oxygen atoms in total. The topological polar surface area (TPSA) is 74.6 Å². The Morgan fingerprint density at radius 3 is 1.33 bits per heavy atom. The van der Waals surface area contributed by atoms with Gasteiger partial charge in [-0.3, -0.25) is 0 Å². The number of aryl methyl sites for hydroxylation is 4. The van der Waals surface area contributed by atoms with Gasteiger partial charge in [0.2, 0.25) is 0 Å². The minimum atomic E-state index is -1.12. The van der Waals surface area contributed by atoms with Gasteiger partial charge >= 0.3 is 11.9 Å². The second-order valence-electron chi connectivity index (χ2n) is 7.97. The lowest BCUT2D eigenvalue weighted by Crippen LogP contribution is -2.11. The number of carboxylic acids is 2. The molecule has 0 aliphatic carbocycles. The van der Waals surface area contributed by atoms with Gasteiger partial charge in [0.15, 0.2) is 0 Å². The van der Waals surface area contributed by atoms with Crippen molar-refractivity contribution >= 4 is 11.9 Å². The van der Waals surface area contributed by atoms with Gasteiger partial charge in [-0.1, -0.05) is 42.5 Å². The van der Waals surface area contributed by atoms with Crippen LogP contribution in [-0.4, -0.2) is 22.2 Å². The molecule has 154 valence electrons. The lowest BCUT2D eigenvalue weighted by atomic mass is 9.90. The molecule has 30 heavy (non-hydrogen) atoms. The Hall–Kier alpha value is -3.40. The first-order valence-electron chi connectivity index (χ1n) is 9.90. The van der Waals surface area contributed by atoms with Crippen molar-refractivity contribution in [1.82, 2.24) is 0 Å². The van der Waals surface area contributed by atoms with E-state index in [0.29, 0.717) is 24.0 Å². The SMILES string of the molecule is Cc1ccc(Cc2cc(Cc3ccc(C)c(C)c3)c(C(=O)O)cc2C(=O)O)cc1C. The second kappa shape index (κ2) is 8.54. The number of carbonyl (C=O) groups is 2. The molecule has 3 aromatic rings. The summed E-state index contributed by atoms with van der Waals surface area (Å²) < 4.78 is 0. The second-order valence-corrected chi connectivity index (χ2v) is 7.97. The van der Waals surface area contributed by atoms with E-state index in [0.717, 1.165) is 22.3 Å². The van der Waals surface area contributed by atoms with Gasteiger partial charge in [-0.25, -0.2) is 9.59 Å². The smallest absolute Gasteiger partial charge is 0.336 e. The molecule has 0 atom stereocenters. The molecule has 0 radical (unpaired) electrons. The maximum Gasteiger partial charge on any atom is 0.336 e. The number of hydrogen-bond donors (Lipinski definition) is 2. The fourth-order valence-corrected chi connectivity index (χ4v) is 3.65. The summed E-state index contributed by atoms with van der Waals surface area (Å²) in [6, 6.07) is 15.2. The van der Waals surface area contributed by atoms with Crippen LogP contribution in [0.25, 0.3) is 0 Å². The summed E-state index contributed by atoms with van der Waals surface area (Å²) in [5, 5.41) is 19.4. The van der Waals surface area contributed by atoms with Gasteiger partial charge in [-0.15, -0.1) is 0 Å². The van der Waals surface area contributed by atoms with Crippen LogP contribution in [0.4, 0.5) is 0 Å². The van der Waals surface area contributed by atoms with Crippen LogP contribution in [0, 0.1) is 27.7 Å². The van der Waals surface area contributed by atoms with Crippen molar-refractivity contribution in [1.29, 1.82) is 0 Å². The monoisotopic (exact) mass is 402 g/mol. The molecule has 0 saturated heterocycles. The van der Waals surface area contributed by atoms with Gasteiger partial charge in [0.25, 0.3) is 0 Å². The summed E-state index contributed by atoms with van der Waals surface area (Å²) >= 11 is 0. The van der Waals surface area contributed by atoms with Crippen molar-refractivity contribution in [2.75, 3.05) is 0 Å². The van der Waals surface area contributed by atoms with Gasteiger partial charge in [-0.2, -0.15) is 0 Å². The maximum absolute atomic E-state index is 11.9. The van der Waals surface area contributed by atoms with Gasteiger partial charge in [-0.05, 0) is 91.1 Å². The Bertz CT molecular complexity index is 1060. The standard InChI is InChI=1S/C26H26O4/c1-15-5-7-19(9-17(15)3)11-21-13-22(12-20-8-6-16(2)18(4)10-20)24(26(29)30)14-23(21)25(27)28/h5-10,13-14H,11-12H2,1-4H3,(H,27,28)(H,29,30). The van der Waals surface area contributed by atoms with E-state index in [-0.39, 0.29) is 11.1 Å². The average molecular weight is 402 g/mol. The van der Waals surface area contributed by atoms with Gasteiger partial charge in [0.05, 0.1) is 11.1 Å². The highest BCUT2D eigenvalue weighted by atomic mass is 16.4. The third kappa shape index (κ3) is 4.60. The van der Waals surface area contributed by atoms with Crippen molar-refractivity contribution in [3.63, 3.8) is 0 Å². The molecule has 0 spiro atoms. The van der Waals surface area contributed by atoms with Crippen LogP contribution in [0.15, 0.2) is 48.5 Å². The van der Waals surface area contributed by atoms with Crippen molar-refractivity contribution in [3.8, 4) is 0 Å². The molecular weight excluding hydrogens is 376 g/mol. The third-order valence-electron chi connectivity index (χ3n) is 5.72. The van der Waals surface area contributed by atoms with E-state index >= 15 is 0 Å². The van der Waals surface area contributed by atoms with E-state index in [9.17, 15) is 19.8 Å². The van der Waals surface area contributed by atoms with Crippen molar-refractivity contribution in [2.45, 2.75) is 40.5 Å². The number of aromatic carboxylic acids is 2. The molecule has 3 aromatic carbocycles. The number of hydrogen-bond acceptors (Lipinski definition) is 2. The predicted octanol–water partition coefficient (Wildman–Crippen LogP) is 5.50. The van der Waals surface area contributed by atoms with Crippen LogP contribution >= 0.6 is 0 Å². The molecule has 0 heterocycles. The van der Waals surface area contributed by atoms with Crippen LogP contribution in [0.1, 0.15) is 65.2 Å². The van der Waals surface area contributed by atoms with Crippen molar-refractivity contribution < 1.29 is 19.8 Å². The zero-order valence-electron chi connectivity index (χ0n) is 17.7. The molecule has 4 heteroatoms. The molecule has 3 rings (SSSR count). The molecule has 0 unspecified atom stereocenters. The lowest BCUT2D eigenvalue weighted by Gasteiger charge is -2.14. The third-order valence-corrected chi connectivity index (χ3v) is 5.72. The normalized spacial score (nSPS) is 10.8. The van der Waals surface area contributed by atoms with Gasteiger partial charge < -0.3 is 10.2 Å². The zero-order valence-corrected chi connectivity index (χ0v) is 17.7. The summed E-state index contributed by atoms with van der Waals surface area (Å²) in [5.74, 6) is -2.23. The Kier molecular flexibility index (Phi) is 6.06. The lowest BCUT2D eigenvalue weighted by molar-refractivity contribution is 0.0695. The van der Waals surface area contributed by atoms with Gasteiger partial charge in [0.1, 0.15) is 0 Å². The van der Waals surface area contributed by atoms with E-state index in [1.165, 1.54) is 17.2 Å². The molecule has 0 aromatic heterocycles. The van der Waals surface area contributed by atoms with E-state index in [1.807, 2.05) is 52.0 Å². The molecule has 2 N–H and O–H groups in total. The Morgan fingerprint density at radius 1 is 0.600 bits per heavy atom. The molecule has 0 bridgehead atoms. The summed E-state index contributed by atoms with van der Waals surface area (Å²) in [4.78, 5) is 23.7. The minimum Gasteiger partial charge on any atom is -0.478 e. The largest absolute Gasteiger partial charge is 0.478 e. The van der Waals surface area contributed by atoms with Crippen molar-refractivity contribution in [2.24, 2.45) is 0 Å². The summed E-state index contributed by atoms with van der Waals surface area (Å²) in [7, 11) is 0. The highest BCUT2D eigenvalue weighted by Crippen LogP contribution is 2.25. The predicted molar refractivity (Wildman–Crippen MR) is 118 cm³/mol. The summed E-state index contributed by atoms with van der Waals surface area (Å²) in [6.45, 7) is 8.11. The average Bonchev–Trinajstić information content (AvgIpc) is 2.67. The molecule has 0 amide bonds. The van der Waals surface area contributed by atoms with Crippen LogP contribution in [0.5, 0.6) is 0 Å². The summed E-state index contributed by atoms with van der Waals surface area (Å²) in [6.07, 6.45) is 0.866. The molecular formula is C26H26O4. The Morgan fingerprint density at radius 2 is 1.00 bits per heavy atom. The van der Waals surface area contributed by atoms with E-state index in [1.54, 1.807) is 6.07 Å². The Labute approximate surface area is 176 Å². The van der Waals surface area contributed by atoms with Crippen molar-refractivity contribution in [3.05, 3.63) is 104 Å². The van der Waals surface area contributed by atoms with Crippen LogP contribution in [-0.2, 0) is 12.8 Å². The minimum absolute atomic E-state index is 0.0365.